The van der Waals surface area contributed by atoms with E-state index >= 15 is 0 Å². The third kappa shape index (κ3) is 4.58. The van der Waals surface area contributed by atoms with Crippen LogP contribution in [0, 0.1) is 0 Å². The molecule has 0 saturated carbocycles. The van der Waals surface area contributed by atoms with Crippen LogP contribution in [0.5, 0.6) is 11.5 Å². The predicted octanol–water partition coefficient (Wildman–Crippen LogP) is 2.99. The second-order valence-electron chi connectivity index (χ2n) is 6.19. The first-order valence-corrected chi connectivity index (χ1v) is 9.03. The second-order valence-corrected chi connectivity index (χ2v) is 6.19. The van der Waals surface area contributed by atoms with Crippen molar-refractivity contribution < 1.29 is 23.8 Å². The maximum absolute atomic E-state index is 12.6. The fourth-order valence-electron chi connectivity index (χ4n) is 3.01. The summed E-state index contributed by atoms with van der Waals surface area (Å²) in [7, 11) is 0. The lowest BCUT2D eigenvalue weighted by molar-refractivity contribution is -0.155. The number of amides is 1. The molecule has 1 heterocycles. The van der Waals surface area contributed by atoms with Gasteiger partial charge in [-0.15, -0.1) is 0 Å². The molecule has 3 rings (SSSR count). The normalized spacial score (nSPS) is 13.6. The van der Waals surface area contributed by atoms with Crippen LogP contribution < -0.4 is 14.4 Å². The smallest absolute Gasteiger partial charge is 0.344 e. The number of rotatable bonds is 7. The van der Waals surface area contributed by atoms with Crippen molar-refractivity contribution in [2.75, 3.05) is 24.7 Å². The molecule has 0 saturated heterocycles. The van der Waals surface area contributed by atoms with Crippen LogP contribution in [0.1, 0.15) is 19.4 Å². The number of esters is 1. The van der Waals surface area contributed by atoms with E-state index in [0.29, 0.717) is 18.9 Å². The number of carbonyl (C=O) groups excluding carboxylic acids is 2. The Labute approximate surface area is 158 Å². The molecule has 6 heteroatoms. The molecule has 1 aliphatic rings. The number of para-hydroxylation sites is 1. The predicted molar refractivity (Wildman–Crippen MR) is 101 cm³/mol. The monoisotopic (exact) mass is 369 g/mol. The maximum atomic E-state index is 12.6. The molecule has 1 amide bonds. The second kappa shape index (κ2) is 8.58. The first-order chi connectivity index (χ1) is 13.1. The van der Waals surface area contributed by atoms with E-state index in [0.717, 1.165) is 23.4 Å². The summed E-state index contributed by atoms with van der Waals surface area (Å²) in [5, 5.41) is 0. The molecule has 142 valence electrons. The molecule has 2 aromatic carbocycles. The summed E-state index contributed by atoms with van der Waals surface area (Å²) in [6.07, 6.45) is -0.0590. The number of fused-ring (bicyclic) bond motifs is 1. The summed E-state index contributed by atoms with van der Waals surface area (Å²) < 4.78 is 16.0. The van der Waals surface area contributed by atoms with Gasteiger partial charge in [-0.3, -0.25) is 4.79 Å². The van der Waals surface area contributed by atoms with Crippen molar-refractivity contribution in [3.63, 3.8) is 0 Å². The van der Waals surface area contributed by atoms with Crippen molar-refractivity contribution in [3.8, 4) is 11.5 Å². The molecule has 6 nitrogen and oxygen atoms in total. The fourth-order valence-corrected chi connectivity index (χ4v) is 3.01. The van der Waals surface area contributed by atoms with Crippen molar-refractivity contribution in [3.05, 3.63) is 54.1 Å². The van der Waals surface area contributed by atoms with Crippen LogP contribution in [0.3, 0.4) is 0 Å². The summed E-state index contributed by atoms with van der Waals surface area (Å²) in [5.74, 6) is 0.451. The van der Waals surface area contributed by atoms with Gasteiger partial charge < -0.3 is 19.1 Å². The van der Waals surface area contributed by atoms with Gasteiger partial charge in [0.2, 0.25) is 0 Å². The molecule has 0 spiro atoms. The SMILES string of the molecule is CCOc1ccc(OCC(=O)O[C@H](C)C(=O)N2CCc3ccccc32)cc1. The van der Waals surface area contributed by atoms with E-state index in [1.54, 1.807) is 36.1 Å². The quantitative estimate of drug-likeness (QED) is 0.702. The van der Waals surface area contributed by atoms with E-state index < -0.39 is 12.1 Å². The number of nitrogens with zero attached hydrogens (tertiary/aromatic N) is 1. The highest BCUT2D eigenvalue weighted by atomic mass is 16.6. The van der Waals surface area contributed by atoms with Gasteiger partial charge in [0.15, 0.2) is 12.7 Å². The van der Waals surface area contributed by atoms with E-state index in [2.05, 4.69) is 0 Å². The lowest BCUT2D eigenvalue weighted by Gasteiger charge is -2.21. The highest BCUT2D eigenvalue weighted by Crippen LogP contribution is 2.28. The Morgan fingerprint density at radius 1 is 1.04 bits per heavy atom. The van der Waals surface area contributed by atoms with Crippen molar-refractivity contribution in [2.24, 2.45) is 0 Å². The number of benzene rings is 2. The Bertz CT molecular complexity index is 802. The zero-order valence-electron chi connectivity index (χ0n) is 15.5. The van der Waals surface area contributed by atoms with Crippen molar-refractivity contribution in [1.82, 2.24) is 0 Å². The first kappa shape index (κ1) is 18.8. The molecule has 0 aromatic heterocycles. The molecule has 0 aliphatic carbocycles. The van der Waals surface area contributed by atoms with Crippen molar-refractivity contribution in [2.45, 2.75) is 26.4 Å². The van der Waals surface area contributed by atoms with Crippen LogP contribution in [0.25, 0.3) is 0 Å². The largest absolute Gasteiger partial charge is 0.494 e. The van der Waals surface area contributed by atoms with E-state index in [1.807, 2.05) is 31.2 Å². The van der Waals surface area contributed by atoms with Gasteiger partial charge in [-0.05, 0) is 56.2 Å². The van der Waals surface area contributed by atoms with Gasteiger partial charge in [0.25, 0.3) is 5.91 Å². The topological polar surface area (TPSA) is 65.1 Å². The van der Waals surface area contributed by atoms with Crippen LogP contribution >= 0.6 is 0 Å². The summed E-state index contributed by atoms with van der Waals surface area (Å²) in [4.78, 5) is 26.3. The number of anilines is 1. The summed E-state index contributed by atoms with van der Waals surface area (Å²) in [6.45, 7) is 4.41. The van der Waals surface area contributed by atoms with Crippen LogP contribution in [0.15, 0.2) is 48.5 Å². The minimum absolute atomic E-state index is 0.227. The maximum Gasteiger partial charge on any atom is 0.344 e. The minimum Gasteiger partial charge on any atom is -0.494 e. The van der Waals surface area contributed by atoms with Crippen LogP contribution in [-0.2, 0) is 20.7 Å². The van der Waals surface area contributed by atoms with Gasteiger partial charge in [-0.1, -0.05) is 18.2 Å². The standard InChI is InChI=1S/C21H23NO5/c1-3-25-17-8-10-18(11-9-17)26-14-20(23)27-15(2)21(24)22-13-12-16-6-4-5-7-19(16)22/h4-11,15H,3,12-14H2,1-2H3/t15-/m1/s1. The zero-order chi connectivity index (χ0) is 19.2. The zero-order valence-corrected chi connectivity index (χ0v) is 15.5. The summed E-state index contributed by atoms with van der Waals surface area (Å²) in [6, 6.07) is 14.7. The van der Waals surface area contributed by atoms with Crippen molar-refractivity contribution >= 4 is 17.6 Å². The molecule has 0 N–H and O–H groups in total. The Morgan fingerprint density at radius 3 is 2.41 bits per heavy atom. The highest BCUT2D eigenvalue weighted by Gasteiger charge is 2.29. The Kier molecular flexibility index (Phi) is 5.96. The van der Waals surface area contributed by atoms with E-state index in [-0.39, 0.29) is 12.5 Å². The molecule has 27 heavy (non-hydrogen) atoms. The average molecular weight is 369 g/mol. The van der Waals surface area contributed by atoms with Crippen LogP contribution in [-0.4, -0.2) is 37.7 Å². The molecular formula is C21H23NO5. The number of ether oxygens (including phenoxy) is 3. The number of hydrogen-bond acceptors (Lipinski definition) is 5. The fraction of sp³-hybridized carbons (Fsp3) is 0.333. The minimum atomic E-state index is -0.868. The van der Waals surface area contributed by atoms with E-state index in [1.165, 1.54) is 0 Å². The molecule has 0 bridgehead atoms. The van der Waals surface area contributed by atoms with E-state index in [4.69, 9.17) is 14.2 Å². The van der Waals surface area contributed by atoms with Gasteiger partial charge in [-0.2, -0.15) is 0 Å². The van der Waals surface area contributed by atoms with Crippen LogP contribution in [0.4, 0.5) is 5.69 Å². The van der Waals surface area contributed by atoms with Gasteiger partial charge in [0.1, 0.15) is 11.5 Å². The van der Waals surface area contributed by atoms with E-state index in [9.17, 15) is 9.59 Å². The molecule has 2 aromatic rings. The third-order valence-electron chi connectivity index (χ3n) is 4.30. The Hall–Kier alpha value is -3.02. The Morgan fingerprint density at radius 2 is 1.70 bits per heavy atom. The highest BCUT2D eigenvalue weighted by molar-refractivity contribution is 5.99. The molecule has 1 aliphatic heterocycles. The number of carbonyl (C=O) groups is 2. The van der Waals surface area contributed by atoms with Crippen LogP contribution in [0.2, 0.25) is 0 Å². The van der Waals surface area contributed by atoms with Gasteiger partial charge in [0, 0.05) is 12.2 Å². The lowest BCUT2D eigenvalue weighted by atomic mass is 10.2. The lowest BCUT2D eigenvalue weighted by Crippen LogP contribution is -2.39. The first-order valence-electron chi connectivity index (χ1n) is 9.03. The third-order valence-corrected chi connectivity index (χ3v) is 4.30. The van der Waals surface area contributed by atoms with Gasteiger partial charge in [0.05, 0.1) is 6.61 Å². The summed E-state index contributed by atoms with van der Waals surface area (Å²) >= 11 is 0. The average Bonchev–Trinajstić information content (AvgIpc) is 3.11. The summed E-state index contributed by atoms with van der Waals surface area (Å²) in [5.41, 5.74) is 2.01. The molecule has 1 atom stereocenters. The van der Waals surface area contributed by atoms with Gasteiger partial charge in [-0.25, -0.2) is 4.79 Å². The van der Waals surface area contributed by atoms with Crippen molar-refractivity contribution in [1.29, 1.82) is 0 Å². The van der Waals surface area contributed by atoms with Gasteiger partial charge >= 0.3 is 5.97 Å². The molecule has 0 radical (unpaired) electrons. The number of hydrogen-bond donors (Lipinski definition) is 0. The molecular weight excluding hydrogens is 346 g/mol. The molecule has 0 unspecified atom stereocenters. The molecule has 0 fully saturated rings. The Balaban J connectivity index is 1.49.